The number of hydrogen-bond acceptors (Lipinski definition) is 7. The molecule has 1 fully saturated rings. The number of amides is 2. The van der Waals surface area contributed by atoms with Crippen LogP contribution in [0.15, 0.2) is 12.1 Å². The lowest BCUT2D eigenvalue weighted by Gasteiger charge is -2.34. The highest BCUT2D eigenvalue weighted by Crippen LogP contribution is 2.31. The van der Waals surface area contributed by atoms with Crippen LogP contribution in [0.2, 0.25) is 0 Å². The number of nitrogens with zero attached hydrogens (tertiary/aromatic N) is 1. The lowest BCUT2D eigenvalue weighted by Crippen LogP contribution is -2.48. The van der Waals surface area contributed by atoms with Crippen molar-refractivity contribution in [3.63, 3.8) is 0 Å². The summed E-state index contributed by atoms with van der Waals surface area (Å²) < 4.78 is 26.6. The Hall–Kier alpha value is -2.85. The highest BCUT2D eigenvalue weighted by molar-refractivity contribution is 6.01. The SMILES string of the molecule is CCC(C)N[C@H]1CCCO[C@@H]1Cc1ccc2c(c1F)CN(C(CCC(=O)OCCC(C)=O)C(N)=O)C2=O. The van der Waals surface area contributed by atoms with Crippen molar-refractivity contribution in [1.82, 2.24) is 10.2 Å². The molecule has 4 atom stereocenters. The molecular weight excluding hydrogens is 481 g/mol. The van der Waals surface area contributed by atoms with E-state index < -0.39 is 29.6 Å². The summed E-state index contributed by atoms with van der Waals surface area (Å²) in [6.45, 7) is 6.08. The topological polar surface area (TPSA) is 128 Å². The number of carbonyl (C=O) groups excluding carboxylic acids is 4. The fraction of sp³-hybridized carbons (Fsp3) is 0.630. The second-order valence-electron chi connectivity index (χ2n) is 9.97. The monoisotopic (exact) mass is 519 g/mol. The van der Waals surface area contributed by atoms with Gasteiger partial charge in [0, 0.05) is 49.1 Å². The molecule has 2 aliphatic rings. The summed E-state index contributed by atoms with van der Waals surface area (Å²) in [5, 5.41) is 3.58. The number of ketones is 1. The first-order valence-corrected chi connectivity index (χ1v) is 13.1. The molecule has 204 valence electrons. The van der Waals surface area contributed by atoms with Crippen LogP contribution in [-0.2, 0) is 36.8 Å². The standard InChI is InChI=1S/C27H38FN3O6/c1-4-16(2)30-21-6-5-12-36-23(21)14-18-7-8-19-20(25(18)28)15-31(27(19)35)22(26(29)34)9-10-24(33)37-13-11-17(3)32/h7-8,16,21-23,30H,4-6,9-15H2,1-3H3,(H2,29,34)/t16?,21-,22?,23+/m0/s1. The number of halogens is 1. The number of fused-ring (bicyclic) bond motifs is 1. The van der Waals surface area contributed by atoms with Crippen LogP contribution in [0.3, 0.4) is 0 Å². The Labute approximate surface area is 217 Å². The molecule has 3 rings (SSSR count). The maximum absolute atomic E-state index is 15.6. The molecule has 2 heterocycles. The van der Waals surface area contributed by atoms with Gasteiger partial charge in [-0.05, 0) is 51.2 Å². The molecule has 0 aromatic heterocycles. The fourth-order valence-electron chi connectivity index (χ4n) is 4.85. The Bertz CT molecular complexity index is 1020. The number of benzene rings is 1. The quantitative estimate of drug-likeness (QED) is 0.383. The Morgan fingerprint density at radius 1 is 1.30 bits per heavy atom. The second-order valence-corrected chi connectivity index (χ2v) is 9.97. The van der Waals surface area contributed by atoms with Gasteiger partial charge in [-0.25, -0.2) is 4.39 Å². The molecule has 2 aliphatic heterocycles. The van der Waals surface area contributed by atoms with E-state index in [1.165, 1.54) is 11.8 Å². The van der Waals surface area contributed by atoms with Crippen molar-refractivity contribution in [2.24, 2.45) is 5.73 Å². The van der Waals surface area contributed by atoms with Crippen LogP contribution in [0.4, 0.5) is 4.39 Å². The Morgan fingerprint density at radius 2 is 2.05 bits per heavy atom. The predicted octanol–water partition coefficient (Wildman–Crippen LogP) is 2.42. The van der Waals surface area contributed by atoms with Crippen molar-refractivity contribution < 1.29 is 33.0 Å². The molecule has 0 radical (unpaired) electrons. The number of ether oxygens (including phenoxy) is 2. The van der Waals surface area contributed by atoms with E-state index in [1.807, 2.05) is 0 Å². The average molecular weight is 520 g/mol. The van der Waals surface area contributed by atoms with E-state index in [9.17, 15) is 19.2 Å². The summed E-state index contributed by atoms with van der Waals surface area (Å²) in [6, 6.07) is 2.55. The molecule has 2 unspecified atom stereocenters. The zero-order valence-corrected chi connectivity index (χ0v) is 21.9. The van der Waals surface area contributed by atoms with E-state index in [-0.39, 0.29) is 61.5 Å². The number of esters is 1. The summed E-state index contributed by atoms with van der Waals surface area (Å²) in [7, 11) is 0. The third-order valence-electron chi connectivity index (χ3n) is 7.16. The van der Waals surface area contributed by atoms with E-state index in [0.29, 0.717) is 24.6 Å². The molecule has 37 heavy (non-hydrogen) atoms. The molecule has 3 N–H and O–H groups in total. The van der Waals surface area contributed by atoms with Gasteiger partial charge >= 0.3 is 5.97 Å². The first-order chi connectivity index (χ1) is 17.6. The zero-order valence-electron chi connectivity index (χ0n) is 21.9. The average Bonchev–Trinajstić information content (AvgIpc) is 3.18. The van der Waals surface area contributed by atoms with Gasteiger partial charge in [-0.1, -0.05) is 13.0 Å². The highest BCUT2D eigenvalue weighted by atomic mass is 19.1. The van der Waals surface area contributed by atoms with Crippen LogP contribution < -0.4 is 11.1 Å². The van der Waals surface area contributed by atoms with Crippen LogP contribution >= 0.6 is 0 Å². The van der Waals surface area contributed by atoms with Gasteiger partial charge in [0.05, 0.1) is 19.3 Å². The van der Waals surface area contributed by atoms with Crippen LogP contribution in [0.5, 0.6) is 0 Å². The van der Waals surface area contributed by atoms with Crippen molar-refractivity contribution >= 4 is 23.6 Å². The molecule has 1 saturated heterocycles. The van der Waals surface area contributed by atoms with Gasteiger partial charge in [-0.3, -0.25) is 19.2 Å². The molecule has 2 amide bonds. The summed E-state index contributed by atoms with van der Waals surface area (Å²) in [5.74, 6) is -2.47. The summed E-state index contributed by atoms with van der Waals surface area (Å²) in [4.78, 5) is 49.4. The van der Waals surface area contributed by atoms with E-state index in [1.54, 1.807) is 12.1 Å². The van der Waals surface area contributed by atoms with Gasteiger partial charge in [0.2, 0.25) is 5.91 Å². The Morgan fingerprint density at radius 3 is 2.73 bits per heavy atom. The van der Waals surface area contributed by atoms with Gasteiger partial charge in [-0.15, -0.1) is 0 Å². The Kier molecular flexibility index (Phi) is 10.2. The fourth-order valence-corrected chi connectivity index (χ4v) is 4.85. The van der Waals surface area contributed by atoms with Gasteiger partial charge in [-0.2, -0.15) is 0 Å². The maximum Gasteiger partial charge on any atom is 0.305 e. The van der Waals surface area contributed by atoms with Gasteiger partial charge in [0.1, 0.15) is 17.6 Å². The number of hydrogen-bond donors (Lipinski definition) is 2. The number of nitrogens with one attached hydrogen (secondary N) is 1. The minimum atomic E-state index is -1.09. The number of carbonyl (C=O) groups is 4. The van der Waals surface area contributed by atoms with Crippen LogP contribution in [0, 0.1) is 5.82 Å². The smallest absolute Gasteiger partial charge is 0.305 e. The van der Waals surface area contributed by atoms with Crippen molar-refractivity contribution in [2.75, 3.05) is 13.2 Å². The van der Waals surface area contributed by atoms with Crippen LogP contribution in [0.1, 0.15) is 80.8 Å². The zero-order chi connectivity index (χ0) is 27.1. The first kappa shape index (κ1) is 28.7. The molecule has 0 spiro atoms. The van der Waals surface area contributed by atoms with Crippen LogP contribution in [0.25, 0.3) is 0 Å². The number of rotatable bonds is 13. The van der Waals surface area contributed by atoms with E-state index in [0.717, 1.165) is 19.3 Å². The van der Waals surface area contributed by atoms with Gasteiger partial charge in [0.25, 0.3) is 5.91 Å². The third-order valence-corrected chi connectivity index (χ3v) is 7.16. The van der Waals surface area contributed by atoms with Gasteiger partial charge in [0.15, 0.2) is 0 Å². The lowest BCUT2D eigenvalue weighted by atomic mass is 9.93. The third kappa shape index (κ3) is 7.35. The van der Waals surface area contributed by atoms with E-state index in [2.05, 4.69) is 19.2 Å². The molecule has 0 aliphatic carbocycles. The van der Waals surface area contributed by atoms with Crippen molar-refractivity contribution in [3.8, 4) is 0 Å². The highest BCUT2D eigenvalue weighted by Gasteiger charge is 2.38. The normalized spacial score (nSPS) is 20.9. The number of Topliss-reactive ketones (excluding diaryl/α,β-unsaturated/α-hetero) is 1. The molecule has 1 aromatic carbocycles. The van der Waals surface area contributed by atoms with Gasteiger partial charge < -0.3 is 25.4 Å². The minimum Gasteiger partial charge on any atom is -0.465 e. The van der Waals surface area contributed by atoms with Crippen molar-refractivity contribution in [2.45, 2.75) is 96.5 Å². The summed E-state index contributed by atoms with van der Waals surface area (Å²) in [6.07, 6.45) is 2.94. The molecule has 0 bridgehead atoms. The predicted molar refractivity (Wildman–Crippen MR) is 134 cm³/mol. The molecular formula is C27H38FN3O6. The number of primary amides is 1. The minimum absolute atomic E-state index is 0.0457. The summed E-state index contributed by atoms with van der Waals surface area (Å²) in [5.41, 5.74) is 6.42. The maximum atomic E-state index is 15.6. The largest absolute Gasteiger partial charge is 0.465 e. The lowest BCUT2D eigenvalue weighted by molar-refractivity contribution is -0.144. The molecule has 10 heteroatoms. The first-order valence-electron chi connectivity index (χ1n) is 13.1. The van der Waals surface area contributed by atoms with E-state index in [4.69, 9.17) is 15.2 Å². The molecule has 1 aromatic rings. The second kappa shape index (κ2) is 13.1. The molecule has 9 nitrogen and oxygen atoms in total. The van der Waals surface area contributed by atoms with Crippen LogP contribution in [-0.4, -0.2) is 65.9 Å². The summed E-state index contributed by atoms with van der Waals surface area (Å²) >= 11 is 0. The van der Waals surface area contributed by atoms with E-state index >= 15 is 4.39 Å². The van der Waals surface area contributed by atoms with Crippen molar-refractivity contribution in [1.29, 1.82) is 0 Å². The van der Waals surface area contributed by atoms with Crippen molar-refractivity contribution in [3.05, 3.63) is 34.6 Å². The Balaban J connectivity index is 1.69. The number of nitrogens with two attached hydrogens (primary N) is 1. The molecule has 0 saturated carbocycles.